The van der Waals surface area contributed by atoms with Crippen LogP contribution in [0.1, 0.15) is 20.8 Å². The fraction of sp³-hybridized carbons (Fsp3) is 0.417. The maximum Gasteiger partial charge on any atom is 0.294 e. The zero-order valence-corrected chi connectivity index (χ0v) is 10.8. The largest absolute Gasteiger partial charge is 0.380 e. The number of nitro groups is 1. The molecule has 18 heavy (non-hydrogen) atoms. The van der Waals surface area contributed by atoms with Gasteiger partial charge in [-0.3, -0.25) is 14.9 Å². The lowest BCUT2D eigenvalue weighted by Crippen LogP contribution is -2.27. The van der Waals surface area contributed by atoms with E-state index in [1.54, 1.807) is 12.1 Å². The first kappa shape index (κ1) is 14.0. The van der Waals surface area contributed by atoms with Gasteiger partial charge in [-0.1, -0.05) is 0 Å². The van der Waals surface area contributed by atoms with Crippen LogP contribution in [0.15, 0.2) is 18.2 Å². The monoisotopic (exact) mass is 251 g/mol. The Morgan fingerprint density at radius 2 is 2.11 bits per heavy atom. The molecule has 1 aromatic rings. The summed E-state index contributed by atoms with van der Waals surface area (Å²) in [7, 11) is 0. The summed E-state index contributed by atoms with van der Waals surface area (Å²) in [5, 5.41) is 13.9. The smallest absolute Gasteiger partial charge is 0.294 e. The predicted molar refractivity (Wildman–Crippen MR) is 71.0 cm³/mol. The van der Waals surface area contributed by atoms with E-state index in [0.717, 1.165) is 0 Å². The van der Waals surface area contributed by atoms with Crippen LogP contribution in [0.5, 0.6) is 0 Å². The Hall–Kier alpha value is -2.11. The summed E-state index contributed by atoms with van der Waals surface area (Å²) in [6, 6.07) is 4.75. The summed E-state index contributed by atoms with van der Waals surface area (Å²) in [6.45, 7) is 6.21. The number of carbonyl (C=O) groups is 1. The molecule has 6 heteroatoms. The van der Waals surface area contributed by atoms with Gasteiger partial charge in [0.15, 0.2) is 0 Å². The van der Waals surface area contributed by atoms with Crippen molar-refractivity contribution in [3.63, 3.8) is 0 Å². The Labute approximate surface area is 106 Å². The van der Waals surface area contributed by atoms with E-state index in [1.807, 2.05) is 13.8 Å². The van der Waals surface area contributed by atoms with Gasteiger partial charge in [-0.15, -0.1) is 0 Å². The Balaban J connectivity index is 3.21. The number of amides is 1. The maximum absolute atomic E-state index is 11.4. The Morgan fingerprint density at radius 1 is 1.44 bits per heavy atom. The molecule has 0 heterocycles. The first-order valence-corrected chi connectivity index (χ1v) is 5.81. The standard InChI is InChI=1S/C12H17N3O3/c1-4-13-11-7-6-10(8-12(11)15(17)18)14(5-2)9(3)16/h6-8,13H,4-5H2,1-3H3. The molecule has 1 amide bonds. The van der Waals surface area contributed by atoms with E-state index in [4.69, 9.17) is 0 Å². The highest BCUT2D eigenvalue weighted by molar-refractivity contribution is 5.92. The van der Waals surface area contributed by atoms with Gasteiger partial charge in [0.2, 0.25) is 5.91 Å². The van der Waals surface area contributed by atoms with E-state index in [2.05, 4.69) is 5.32 Å². The molecule has 0 aliphatic rings. The SMILES string of the molecule is CCNc1ccc(N(CC)C(C)=O)cc1[N+](=O)[O-]. The van der Waals surface area contributed by atoms with Crippen molar-refractivity contribution in [1.29, 1.82) is 0 Å². The molecular formula is C12H17N3O3. The predicted octanol–water partition coefficient (Wildman–Crippen LogP) is 2.40. The van der Waals surface area contributed by atoms with E-state index < -0.39 is 4.92 Å². The summed E-state index contributed by atoms with van der Waals surface area (Å²) in [4.78, 5) is 23.4. The van der Waals surface area contributed by atoms with E-state index in [1.165, 1.54) is 17.9 Å². The molecule has 0 atom stereocenters. The third kappa shape index (κ3) is 2.97. The molecular weight excluding hydrogens is 234 g/mol. The third-order valence-corrected chi connectivity index (χ3v) is 2.55. The summed E-state index contributed by atoms with van der Waals surface area (Å²) >= 11 is 0. The maximum atomic E-state index is 11.4. The van der Waals surface area contributed by atoms with Crippen molar-refractivity contribution >= 4 is 23.0 Å². The van der Waals surface area contributed by atoms with Gasteiger partial charge in [-0.25, -0.2) is 0 Å². The number of anilines is 2. The number of hydrogen-bond acceptors (Lipinski definition) is 4. The lowest BCUT2D eigenvalue weighted by Gasteiger charge is -2.19. The van der Waals surface area contributed by atoms with E-state index in [0.29, 0.717) is 24.5 Å². The van der Waals surface area contributed by atoms with Crippen molar-refractivity contribution in [3.8, 4) is 0 Å². The van der Waals surface area contributed by atoms with Crippen LogP contribution in [-0.2, 0) is 4.79 Å². The summed E-state index contributed by atoms with van der Waals surface area (Å²) in [6.07, 6.45) is 0. The van der Waals surface area contributed by atoms with Crippen LogP contribution in [-0.4, -0.2) is 23.9 Å². The minimum absolute atomic E-state index is 0.0194. The molecule has 0 unspecified atom stereocenters. The third-order valence-electron chi connectivity index (χ3n) is 2.55. The Kier molecular flexibility index (Phi) is 4.65. The van der Waals surface area contributed by atoms with Crippen molar-refractivity contribution < 1.29 is 9.72 Å². The molecule has 0 aliphatic carbocycles. The highest BCUT2D eigenvalue weighted by Gasteiger charge is 2.17. The molecule has 0 saturated carbocycles. The topological polar surface area (TPSA) is 75.5 Å². The number of rotatable bonds is 5. The van der Waals surface area contributed by atoms with Crippen LogP contribution >= 0.6 is 0 Å². The Bertz CT molecular complexity index is 460. The summed E-state index contributed by atoms with van der Waals surface area (Å²) < 4.78 is 0. The second-order valence-electron chi connectivity index (χ2n) is 3.75. The van der Waals surface area contributed by atoms with Gasteiger partial charge < -0.3 is 10.2 Å². The van der Waals surface area contributed by atoms with Gasteiger partial charge in [-0.2, -0.15) is 0 Å². The van der Waals surface area contributed by atoms with E-state index in [-0.39, 0.29) is 11.6 Å². The number of nitro benzene ring substituents is 1. The van der Waals surface area contributed by atoms with Gasteiger partial charge in [0.1, 0.15) is 5.69 Å². The number of nitrogens with zero attached hydrogens (tertiary/aromatic N) is 2. The number of nitrogens with one attached hydrogen (secondary N) is 1. The van der Waals surface area contributed by atoms with Gasteiger partial charge in [0.25, 0.3) is 5.69 Å². The number of benzene rings is 1. The second kappa shape index (κ2) is 6.00. The molecule has 0 aliphatic heterocycles. The molecule has 0 fully saturated rings. The molecule has 0 radical (unpaired) electrons. The highest BCUT2D eigenvalue weighted by Crippen LogP contribution is 2.29. The highest BCUT2D eigenvalue weighted by atomic mass is 16.6. The normalized spacial score (nSPS) is 9.94. The molecule has 1 rings (SSSR count). The Morgan fingerprint density at radius 3 is 2.56 bits per heavy atom. The number of hydrogen-bond donors (Lipinski definition) is 1. The first-order valence-electron chi connectivity index (χ1n) is 5.81. The summed E-state index contributed by atoms with van der Waals surface area (Å²) in [5.74, 6) is -0.136. The second-order valence-corrected chi connectivity index (χ2v) is 3.75. The van der Waals surface area contributed by atoms with Crippen LogP contribution in [0, 0.1) is 10.1 Å². The molecule has 6 nitrogen and oxygen atoms in total. The summed E-state index contributed by atoms with van der Waals surface area (Å²) in [5.41, 5.74) is 0.984. The van der Waals surface area contributed by atoms with E-state index in [9.17, 15) is 14.9 Å². The molecule has 98 valence electrons. The number of carbonyl (C=O) groups excluding carboxylic acids is 1. The average Bonchev–Trinajstić information content (AvgIpc) is 2.31. The van der Waals surface area contributed by atoms with E-state index >= 15 is 0 Å². The van der Waals surface area contributed by atoms with Crippen LogP contribution in [0.4, 0.5) is 17.1 Å². The van der Waals surface area contributed by atoms with Crippen molar-refractivity contribution in [3.05, 3.63) is 28.3 Å². The minimum Gasteiger partial charge on any atom is -0.380 e. The molecule has 0 aromatic heterocycles. The fourth-order valence-corrected chi connectivity index (χ4v) is 1.77. The van der Waals surface area contributed by atoms with Gasteiger partial charge >= 0.3 is 0 Å². The molecule has 1 aromatic carbocycles. The minimum atomic E-state index is -0.449. The quantitative estimate of drug-likeness (QED) is 0.644. The zero-order chi connectivity index (χ0) is 13.7. The first-order chi connectivity index (χ1) is 8.51. The van der Waals surface area contributed by atoms with Crippen molar-refractivity contribution in [2.75, 3.05) is 23.3 Å². The van der Waals surface area contributed by atoms with Crippen LogP contribution in [0.3, 0.4) is 0 Å². The molecule has 0 bridgehead atoms. The van der Waals surface area contributed by atoms with Crippen molar-refractivity contribution in [2.45, 2.75) is 20.8 Å². The van der Waals surface area contributed by atoms with Crippen LogP contribution < -0.4 is 10.2 Å². The van der Waals surface area contributed by atoms with Crippen molar-refractivity contribution in [2.24, 2.45) is 0 Å². The zero-order valence-electron chi connectivity index (χ0n) is 10.8. The lowest BCUT2D eigenvalue weighted by molar-refractivity contribution is -0.383. The van der Waals surface area contributed by atoms with Gasteiger partial charge in [0, 0.05) is 26.1 Å². The fourth-order valence-electron chi connectivity index (χ4n) is 1.77. The molecule has 0 saturated heterocycles. The molecule has 1 N–H and O–H groups in total. The lowest BCUT2D eigenvalue weighted by atomic mass is 10.2. The van der Waals surface area contributed by atoms with Crippen molar-refractivity contribution in [1.82, 2.24) is 0 Å². The van der Waals surface area contributed by atoms with Gasteiger partial charge in [-0.05, 0) is 26.0 Å². The average molecular weight is 251 g/mol. The van der Waals surface area contributed by atoms with Crippen LogP contribution in [0.2, 0.25) is 0 Å². The van der Waals surface area contributed by atoms with Crippen LogP contribution in [0.25, 0.3) is 0 Å². The van der Waals surface area contributed by atoms with Gasteiger partial charge in [0.05, 0.1) is 10.6 Å². The molecule has 0 spiro atoms.